The molecule has 6 heteroatoms. The minimum Gasteiger partial charge on any atom is -0.481 e. The number of hydrogen-bond donors (Lipinski definition) is 1. The molecule has 18 heavy (non-hydrogen) atoms. The summed E-state index contributed by atoms with van der Waals surface area (Å²) in [5.74, 6) is -2.50. The van der Waals surface area contributed by atoms with Crippen molar-refractivity contribution in [1.82, 2.24) is 0 Å². The van der Waals surface area contributed by atoms with Crippen LogP contribution in [0, 0.1) is 5.92 Å². The highest BCUT2D eigenvalue weighted by molar-refractivity contribution is 7.91. The molecule has 1 fully saturated rings. The molecule has 1 aliphatic rings. The molecular formula is C12H13ClO4S. The predicted octanol–water partition coefficient (Wildman–Crippen LogP) is 1.94. The van der Waals surface area contributed by atoms with Gasteiger partial charge in [-0.25, -0.2) is 8.42 Å². The van der Waals surface area contributed by atoms with E-state index in [0.29, 0.717) is 11.4 Å². The van der Waals surface area contributed by atoms with Crippen molar-refractivity contribution in [2.45, 2.75) is 12.3 Å². The largest absolute Gasteiger partial charge is 0.481 e. The molecule has 1 N–H and O–H groups in total. The molecule has 0 aliphatic carbocycles. The van der Waals surface area contributed by atoms with E-state index in [0.717, 1.165) is 5.56 Å². The lowest BCUT2D eigenvalue weighted by atomic mass is 9.85. The first-order valence-corrected chi connectivity index (χ1v) is 7.78. The summed E-state index contributed by atoms with van der Waals surface area (Å²) < 4.78 is 23.0. The summed E-state index contributed by atoms with van der Waals surface area (Å²) in [5, 5.41) is 9.71. The summed E-state index contributed by atoms with van der Waals surface area (Å²) in [5.41, 5.74) is 0.796. The average Bonchev–Trinajstić information content (AvgIpc) is 2.27. The number of hydrogen-bond acceptors (Lipinski definition) is 3. The summed E-state index contributed by atoms with van der Waals surface area (Å²) in [6.07, 6.45) is 0.333. The van der Waals surface area contributed by atoms with E-state index in [4.69, 9.17) is 11.6 Å². The van der Waals surface area contributed by atoms with E-state index in [1.807, 2.05) is 0 Å². The van der Waals surface area contributed by atoms with Crippen LogP contribution in [-0.2, 0) is 14.6 Å². The molecule has 0 spiro atoms. The zero-order valence-electron chi connectivity index (χ0n) is 9.54. The van der Waals surface area contributed by atoms with Crippen LogP contribution in [-0.4, -0.2) is 31.0 Å². The minimum atomic E-state index is -3.24. The first-order valence-electron chi connectivity index (χ1n) is 5.58. The summed E-state index contributed by atoms with van der Waals surface area (Å²) in [7, 11) is -3.24. The van der Waals surface area contributed by atoms with Gasteiger partial charge < -0.3 is 5.11 Å². The van der Waals surface area contributed by atoms with E-state index in [1.165, 1.54) is 0 Å². The Morgan fingerprint density at radius 3 is 2.72 bits per heavy atom. The Morgan fingerprint density at radius 2 is 2.11 bits per heavy atom. The fraction of sp³-hybridized carbons (Fsp3) is 0.417. The molecule has 1 saturated heterocycles. The molecule has 1 aliphatic heterocycles. The lowest BCUT2D eigenvalue weighted by Gasteiger charge is -2.28. The Hall–Kier alpha value is -1.07. The SMILES string of the molecule is O=C(O)C1CS(=O)(=O)CCC1c1cccc(Cl)c1. The molecule has 2 rings (SSSR count). The van der Waals surface area contributed by atoms with Crippen molar-refractivity contribution in [3.05, 3.63) is 34.9 Å². The normalized spacial score (nSPS) is 26.7. The smallest absolute Gasteiger partial charge is 0.308 e. The van der Waals surface area contributed by atoms with Gasteiger partial charge >= 0.3 is 5.97 Å². The average molecular weight is 289 g/mol. The number of aliphatic carboxylic acids is 1. The highest BCUT2D eigenvalue weighted by Crippen LogP contribution is 2.35. The van der Waals surface area contributed by atoms with Gasteiger partial charge in [0.15, 0.2) is 9.84 Å². The number of carboxylic acids is 1. The van der Waals surface area contributed by atoms with Gasteiger partial charge in [0.1, 0.15) is 0 Å². The van der Waals surface area contributed by atoms with E-state index in [-0.39, 0.29) is 17.4 Å². The van der Waals surface area contributed by atoms with E-state index in [2.05, 4.69) is 0 Å². The standard InChI is InChI=1S/C12H13ClO4S/c13-9-3-1-2-8(6-9)10-4-5-18(16,17)7-11(10)12(14)15/h1-3,6,10-11H,4-5,7H2,(H,14,15). The number of rotatable bonds is 2. The van der Waals surface area contributed by atoms with Gasteiger partial charge in [-0.1, -0.05) is 23.7 Å². The second kappa shape index (κ2) is 4.90. The van der Waals surface area contributed by atoms with Crippen molar-refractivity contribution < 1.29 is 18.3 Å². The van der Waals surface area contributed by atoms with Gasteiger partial charge in [-0.15, -0.1) is 0 Å². The molecule has 0 amide bonds. The molecule has 0 saturated carbocycles. The molecule has 0 radical (unpaired) electrons. The molecular weight excluding hydrogens is 276 g/mol. The van der Waals surface area contributed by atoms with Crippen LogP contribution in [0.3, 0.4) is 0 Å². The number of sulfone groups is 1. The van der Waals surface area contributed by atoms with E-state index in [1.54, 1.807) is 24.3 Å². The van der Waals surface area contributed by atoms with Crippen molar-refractivity contribution in [2.75, 3.05) is 11.5 Å². The topological polar surface area (TPSA) is 71.4 Å². The zero-order valence-corrected chi connectivity index (χ0v) is 11.1. The maximum atomic E-state index is 11.5. The number of benzene rings is 1. The Bertz CT molecular complexity index is 567. The summed E-state index contributed by atoms with van der Waals surface area (Å²) >= 11 is 5.88. The van der Waals surface area contributed by atoms with Crippen LogP contribution in [0.1, 0.15) is 17.9 Å². The third-order valence-corrected chi connectivity index (χ3v) is 5.21. The lowest BCUT2D eigenvalue weighted by molar-refractivity contribution is -0.141. The van der Waals surface area contributed by atoms with Gasteiger partial charge in [0, 0.05) is 5.02 Å². The summed E-state index contributed by atoms with van der Waals surface area (Å²) in [4.78, 5) is 11.2. The summed E-state index contributed by atoms with van der Waals surface area (Å²) in [6.45, 7) is 0. The van der Waals surface area contributed by atoms with Gasteiger partial charge in [-0.05, 0) is 30.0 Å². The van der Waals surface area contributed by atoms with Gasteiger partial charge in [-0.2, -0.15) is 0 Å². The Labute approximate surface area is 110 Å². The Morgan fingerprint density at radius 1 is 1.39 bits per heavy atom. The van der Waals surface area contributed by atoms with Crippen LogP contribution in [0.4, 0.5) is 0 Å². The Balaban J connectivity index is 2.34. The highest BCUT2D eigenvalue weighted by atomic mass is 35.5. The zero-order chi connectivity index (χ0) is 13.3. The second-order valence-electron chi connectivity index (χ2n) is 4.51. The van der Waals surface area contributed by atoms with Crippen LogP contribution in [0.25, 0.3) is 0 Å². The van der Waals surface area contributed by atoms with E-state index >= 15 is 0 Å². The van der Waals surface area contributed by atoms with Crippen LogP contribution in [0.2, 0.25) is 5.02 Å². The predicted molar refractivity (Wildman–Crippen MR) is 68.6 cm³/mol. The molecule has 0 aromatic heterocycles. The maximum absolute atomic E-state index is 11.5. The van der Waals surface area contributed by atoms with Crippen LogP contribution >= 0.6 is 11.6 Å². The fourth-order valence-corrected chi connectivity index (χ4v) is 4.26. The molecule has 0 bridgehead atoms. The second-order valence-corrected chi connectivity index (χ2v) is 7.17. The first-order chi connectivity index (χ1) is 8.39. The minimum absolute atomic E-state index is 0.0357. The van der Waals surface area contributed by atoms with E-state index < -0.39 is 21.7 Å². The molecule has 4 nitrogen and oxygen atoms in total. The quantitative estimate of drug-likeness (QED) is 0.903. The third kappa shape index (κ3) is 2.84. The molecule has 1 aromatic rings. The van der Waals surface area contributed by atoms with Gasteiger partial charge in [0.05, 0.1) is 17.4 Å². The number of carboxylic acid groups (broad SMARTS) is 1. The third-order valence-electron chi connectivity index (χ3n) is 3.25. The monoisotopic (exact) mass is 288 g/mol. The molecule has 2 unspecified atom stereocenters. The van der Waals surface area contributed by atoms with Crippen molar-refractivity contribution in [3.63, 3.8) is 0 Å². The number of carbonyl (C=O) groups is 1. The van der Waals surface area contributed by atoms with Crippen molar-refractivity contribution in [3.8, 4) is 0 Å². The van der Waals surface area contributed by atoms with Crippen molar-refractivity contribution in [2.24, 2.45) is 5.92 Å². The van der Waals surface area contributed by atoms with Crippen LogP contribution in [0.15, 0.2) is 24.3 Å². The van der Waals surface area contributed by atoms with Crippen LogP contribution in [0.5, 0.6) is 0 Å². The van der Waals surface area contributed by atoms with Gasteiger partial charge in [-0.3, -0.25) is 4.79 Å². The molecule has 1 aromatic carbocycles. The van der Waals surface area contributed by atoms with Gasteiger partial charge in [0.2, 0.25) is 0 Å². The molecule has 1 heterocycles. The van der Waals surface area contributed by atoms with E-state index in [9.17, 15) is 18.3 Å². The highest BCUT2D eigenvalue weighted by Gasteiger charge is 2.38. The first kappa shape index (κ1) is 13.4. The Kier molecular flexibility index (Phi) is 3.64. The van der Waals surface area contributed by atoms with Crippen LogP contribution < -0.4 is 0 Å². The fourth-order valence-electron chi connectivity index (χ4n) is 2.36. The molecule has 98 valence electrons. The molecule has 2 atom stereocenters. The number of halogens is 1. The summed E-state index contributed by atoms with van der Waals surface area (Å²) in [6, 6.07) is 6.96. The van der Waals surface area contributed by atoms with Crippen molar-refractivity contribution in [1.29, 1.82) is 0 Å². The maximum Gasteiger partial charge on any atom is 0.308 e. The van der Waals surface area contributed by atoms with Crippen molar-refractivity contribution >= 4 is 27.4 Å². The van der Waals surface area contributed by atoms with Gasteiger partial charge in [0.25, 0.3) is 0 Å². The lowest BCUT2D eigenvalue weighted by Crippen LogP contribution is -2.36.